The minimum absolute atomic E-state index is 0.0694. The number of carbonyl (C=O) groups is 2. The molecule has 0 spiro atoms. The Morgan fingerprint density at radius 3 is 2.45 bits per heavy atom. The van der Waals surface area contributed by atoms with Gasteiger partial charge in [0.25, 0.3) is 5.91 Å². The van der Waals surface area contributed by atoms with Gasteiger partial charge in [-0.1, -0.05) is 6.07 Å². The van der Waals surface area contributed by atoms with E-state index in [2.05, 4.69) is 4.74 Å². The number of amides is 1. The van der Waals surface area contributed by atoms with Gasteiger partial charge < -0.3 is 14.7 Å². The van der Waals surface area contributed by atoms with Gasteiger partial charge in [-0.2, -0.15) is 8.78 Å². The lowest BCUT2D eigenvalue weighted by Gasteiger charge is -2.31. The Morgan fingerprint density at radius 1 is 1.35 bits per heavy atom. The van der Waals surface area contributed by atoms with Crippen LogP contribution in [0.2, 0.25) is 0 Å². The van der Waals surface area contributed by atoms with E-state index in [4.69, 9.17) is 5.11 Å². The minimum Gasteiger partial charge on any atom is -0.480 e. The molecule has 1 aromatic carbocycles. The van der Waals surface area contributed by atoms with Gasteiger partial charge >= 0.3 is 12.6 Å². The molecule has 1 rings (SSSR count). The van der Waals surface area contributed by atoms with Crippen LogP contribution in [-0.4, -0.2) is 41.1 Å². The van der Waals surface area contributed by atoms with Gasteiger partial charge in [0.1, 0.15) is 11.3 Å². The molecule has 7 heteroatoms. The van der Waals surface area contributed by atoms with Crippen LogP contribution >= 0.6 is 0 Å². The second-order valence-corrected chi connectivity index (χ2v) is 4.63. The number of carbonyl (C=O) groups excluding carboxylic acids is 1. The first kappa shape index (κ1) is 15.9. The predicted molar refractivity (Wildman–Crippen MR) is 66.9 cm³/mol. The van der Waals surface area contributed by atoms with Gasteiger partial charge in [-0.05, 0) is 32.0 Å². The van der Waals surface area contributed by atoms with Crippen LogP contribution in [-0.2, 0) is 4.79 Å². The smallest absolute Gasteiger partial charge is 0.387 e. The number of nitrogens with zero attached hydrogens (tertiary/aromatic N) is 1. The molecule has 0 bridgehead atoms. The van der Waals surface area contributed by atoms with E-state index in [1.165, 1.54) is 39.1 Å². The van der Waals surface area contributed by atoms with Crippen molar-refractivity contribution in [1.82, 2.24) is 4.90 Å². The molecule has 0 fully saturated rings. The van der Waals surface area contributed by atoms with Crippen LogP contribution in [0.4, 0.5) is 8.78 Å². The SMILES string of the molecule is CN(C(=O)c1cccc(OC(F)F)c1)C(C)(C)C(=O)O. The largest absolute Gasteiger partial charge is 0.480 e. The highest BCUT2D eigenvalue weighted by molar-refractivity contribution is 5.97. The zero-order valence-electron chi connectivity index (χ0n) is 11.3. The molecule has 0 aromatic heterocycles. The molecule has 0 radical (unpaired) electrons. The molecule has 0 aliphatic rings. The number of benzene rings is 1. The van der Waals surface area contributed by atoms with Gasteiger partial charge in [-0.25, -0.2) is 4.79 Å². The Morgan fingerprint density at radius 2 is 1.95 bits per heavy atom. The van der Waals surface area contributed by atoms with Crippen LogP contribution in [0.3, 0.4) is 0 Å². The third-order valence-electron chi connectivity index (χ3n) is 2.97. The summed E-state index contributed by atoms with van der Waals surface area (Å²) in [5, 5.41) is 9.06. The normalized spacial score (nSPS) is 11.3. The Labute approximate surface area is 114 Å². The minimum atomic E-state index is -2.99. The Balaban J connectivity index is 3.00. The van der Waals surface area contributed by atoms with Gasteiger partial charge in [0.2, 0.25) is 0 Å². The summed E-state index contributed by atoms with van der Waals surface area (Å²) in [5.74, 6) is -1.93. The third-order valence-corrected chi connectivity index (χ3v) is 2.97. The van der Waals surface area contributed by atoms with Crippen molar-refractivity contribution in [2.45, 2.75) is 26.0 Å². The lowest BCUT2D eigenvalue weighted by molar-refractivity contribution is -0.147. The third kappa shape index (κ3) is 3.43. The Bertz CT molecular complexity index is 517. The van der Waals surface area contributed by atoms with Crippen molar-refractivity contribution in [2.75, 3.05) is 7.05 Å². The van der Waals surface area contributed by atoms with Gasteiger partial charge in [-0.3, -0.25) is 4.79 Å². The summed E-state index contributed by atoms with van der Waals surface area (Å²) in [6.07, 6.45) is 0. The molecule has 20 heavy (non-hydrogen) atoms. The molecule has 0 saturated carbocycles. The Kier molecular flexibility index (Phi) is 4.65. The number of likely N-dealkylation sites (N-methyl/N-ethyl adjacent to an activating group) is 1. The standard InChI is InChI=1S/C13H15F2NO4/c1-13(2,11(18)19)16(3)10(17)8-5-4-6-9(7-8)20-12(14)15/h4-7,12H,1-3H3,(H,18,19). The summed E-state index contributed by atoms with van der Waals surface area (Å²) in [6, 6.07) is 5.20. The number of halogens is 2. The molecule has 1 aromatic rings. The number of rotatable bonds is 5. The summed E-state index contributed by atoms with van der Waals surface area (Å²) in [4.78, 5) is 24.3. The zero-order chi connectivity index (χ0) is 15.5. The second-order valence-electron chi connectivity index (χ2n) is 4.63. The first-order valence-corrected chi connectivity index (χ1v) is 5.72. The van der Waals surface area contributed by atoms with Crippen LogP contribution in [0.1, 0.15) is 24.2 Å². The quantitative estimate of drug-likeness (QED) is 0.901. The van der Waals surface area contributed by atoms with E-state index in [0.717, 1.165) is 11.0 Å². The first-order valence-electron chi connectivity index (χ1n) is 5.72. The van der Waals surface area contributed by atoms with Crippen molar-refractivity contribution in [3.8, 4) is 5.75 Å². The molecule has 110 valence electrons. The van der Waals surface area contributed by atoms with Crippen molar-refractivity contribution in [2.24, 2.45) is 0 Å². The summed E-state index contributed by atoms with van der Waals surface area (Å²) >= 11 is 0. The molecule has 0 heterocycles. The molecule has 0 saturated heterocycles. The van der Waals surface area contributed by atoms with Crippen LogP contribution in [0.15, 0.2) is 24.3 Å². The molecular formula is C13H15F2NO4. The van der Waals surface area contributed by atoms with E-state index in [0.29, 0.717) is 0 Å². The van der Waals surface area contributed by atoms with Crippen molar-refractivity contribution in [3.05, 3.63) is 29.8 Å². The lowest BCUT2D eigenvalue weighted by Crippen LogP contribution is -2.50. The van der Waals surface area contributed by atoms with Gasteiger partial charge in [0, 0.05) is 12.6 Å². The summed E-state index contributed by atoms with van der Waals surface area (Å²) in [6.45, 7) is -0.256. The average Bonchev–Trinajstić information content (AvgIpc) is 2.36. The second kappa shape index (κ2) is 5.85. The van der Waals surface area contributed by atoms with Crippen LogP contribution in [0.5, 0.6) is 5.75 Å². The lowest BCUT2D eigenvalue weighted by atomic mass is 10.0. The van der Waals surface area contributed by atoms with Gasteiger partial charge in [0.15, 0.2) is 0 Å². The van der Waals surface area contributed by atoms with Gasteiger partial charge in [0.05, 0.1) is 0 Å². The topological polar surface area (TPSA) is 66.8 Å². The summed E-state index contributed by atoms with van der Waals surface area (Å²) in [5.41, 5.74) is -1.35. The fourth-order valence-corrected chi connectivity index (χ4v) is 1.40. The highest BCUT2D eigenvalue weighted by Gasteiger charge is 2.35. The number of aliphatic carboxylic acids is 1. The maximum atomic E-state index is 12.2. The van der Waals surface area contributed by atoms with Crippen molar-refractivity contribution in [3.63, 3.8) is 0 Å². The van der Waals surface area contributed by atoms with Crippen LogP contribution < -0.4 is 4.74 Å². The van der Waals surface area contributed by atoms with Gasteiger partial charge in [-0.15, -0.1) is 0 Å². The first-order chi connectivity index (χ1) is 9.16. The number of carboxylic acid groups (broad SMARTS) is 1. The molecular weight excluding hydrogens is 272 g/mol. The zero-order valence-corrected chi connectivity index (χ0v) is 11.3. The highest BCUT2D eigenvalue weighted by atomic mass is 19.3. The summed E-state index contributed by atoms with van der Waals surface area (Å²) < 4.78 is 28.4. The van der Waals surface area contributed by atoms with Crippen molar-refractivity contribution >= 4 is 11.9 Å². The molecule has 0 aliphatic carbocycles. The van der Waals surface area contributed by atoms with Crippen molar-refractivity contribution < 1.29 is 28.2 Å². The summed E-state index contributed by atoms with van der Waals surface area (Å²) in [7, 11) is 1.33. The molecule has 0 unspecified atom stereocenters. The number of hydrogen-bond donors (Lipinski definition) is 1. The fraction of sp³-hybridized carbons (Fsp3) is 0.385. The molecule has 1 N–H and O–H groups in total. The number of hydrogen-bond acceptors (Lipinski definition) is 3. The van der Waals surface area contributed by atoms with E-state index < -0.39 is 24.0 Å². The van der Waals surface area contributed by atoms with Crippen LogP contribution in [0.25, 0.3) is 0 Å². The number of alkyl halides is 2. The molecule has 0 atom stereocenters. The van der Waals surface area contributed by atoms with Crippen LogP contribution in [0, 0.1) is 0 Å². The number of carboxylic acids is 1. The average molecular weight is 287 g/mol. The Hall–Kier alpha value is -2.18. The van der Waals surface area contributed by atoms with E-state index >= 15 is 0 Å². The van der Waals surface area contributed by atoms with E-state index in [1.54, 1.807) is 0 Å². The molecule has 5 nitrogen and oxygen atoms in total. The monoisotopic (exact) mass is 287 g/mol. The van der Waals surface area contributed by atoms with E-state index in [1.807, 2.05) is 0 Å². The molecule has 1 amide bonds. The van der Waals surface area contributed by atoms with E-state index in [9.17, 15) is 18.4 Å². The molecule has 0 aliphatic heterocycles. The van der Waals surface area contributed by atoms with E-state index in [-0.39, 0.29) is 11.3 Å². The number of ether oxygens (including phenoxy) is 1. The predicted octanol–water partition coefficient (Wildman–Crippen LogP) is 2.22. The maximum absolute atomic E-state index is 12.2. The van der Waals surface area contributed by atoms with Crippen molar-refractivity contribution in [1.29, 1.82) is 0 Å². The highest BCUT2D eigenvalue weighted by Crippen LogP contribution is 2.20. The fourth-order valence-electron chi connectivity index (χ4n) is 1.40. The maximum Gasteiger partial charge on any atom is 0.387 e.